The zero-order valence-corrected chi connectivity index (χ0v) is 12.0. The van der Waals surface area contributed by atoms with Crippen LogP contribution in [0, 0.1) is 5.92 Å². The molecule has 2 aromatic heterocycles. The number of nitrogens with one attached hydrogen (secondary N) is 1. The minimum atomic E-state index is -0.0796. The van der Waals surface area contributed by atoms with Crippen LogP contribution in [-0.4, -0.2) is 35.4 Å². The molecule has 0 spiro atoms. The molecule has 1 saturated heterocycles. The zero-order valence-electron chi connectivity index (χ0n) is 12.0. The van der Waals surface area contributed by atoms with E-state index in [1.165, 1.54) is 4.40 Å². The van der Waals surface area contributed by atoms with Gasteiger partial charge in [0, 0.05) is 38.3 Å². The lowest BCUT2D eigenvalue weighted by Gasteiger charge is -2.31. The number of carbonyl (C=O) groups is 1. The van der Waals surface area contributed by atoms with Gasteiger partial charge >= 0.3 is 0 Å². The van der Waals surface area contributed by atoms with E-state index < -0.39 is 0 Å². The second kappa shape index (κ2) is 5.55. The molecule has 3 rings (SSSR count). The smallest absolute Gasteiger partial charge is 0.259 e. The number of fused-ring (bicyclic) bond motifs is 1. The minimum Gasteiger partial charge on any atom is -0.359 e. The molecule has 0 unspecified atom stereocenters. The molecule has 0 saturated carbocycles. The van der Waals surface area contributed by atoms with Crippen LogP contribution >= 0.6 is 0 Å². The van der Waals surface area contributed by atoms with Crippen molar-refractivity contribution in [1.29, 1.82) is 0 Å². The van der Waals surface area contributed by atoms with Gasteiger partial charge in [0.15, 0.2) is 0 Å². The van der Waals surface area contributed by atoms with Gasteiger partial charge in [-0.3, -0.25) is 14.0 Å². The Bertz CT molecular complexity index is 717. The van der Waals surface area contributed by atoms with Gasteiger partial charge < -0.3 is 10.2 Å². The summed E-state index contributed by atoms with van der Waals surface area (Å²) in [6.45, 7) is 1.49. The fraction of sp³-hybridized carbons (Fsp3) is 0.400. The van der Waals surface area contributed by atoms with E-state index >= 15 is 0 Å². The minimum absolute atomic E-state index is 0.0628. The highest BCUT2D eigenvalue weighted by atomic mass is 16.1. The first kappa shape index (κ1) is 13.6. The Morgan fingerprint density at radius 1 is 1.33 bits per heavy atom. The monoisotopic (exact) mass is 286 g/mol. The summed E-state index contributed by atoms with van der Waals surface area (Å²) in [7, 11) is 1.67. The van der Waals surface area contributed by atoms with Crippen LogP contribution in [0.4, 0.5) is 5.82 Å². The van der Waals surface area contributed by atoms with E-state index in [-0.39, 0.29) is 17.4 Å². The first-order valence-electron chi connectivity index (χ1n) is 7.14. The third-order valence-electron chi connectivity index (χ3n) is 3.99. The summed E-state index contributed by atoms with van der Waals surface area (Å²) >= 11 is 0. The number of nitrogens with zero attached hydrogens (tertiary/aromatic N) is 3. The molecule has 110 valence electrons. The van der Waals surface area contributed by atoms with Crippen LogP contribution in [0.3, 0.4) is 0 Å². The number of rotatable bonds is 2. The molecule has 1 amide bonds. The highest BCUT2D eigenvalue weighted by Gasteiger charge is 2.25. The van der Waals surface area contributed by atoms with Gasteiger partial charge in [-0.1, -0.05) is 6.07 Å². The summed E-state index contributed by atoms with van der Waals surface area (Å²) in [6, 6.07) is 7.06. The molecule has 1 N–H and O–H groups in total. The standard InChI is InChI=1S/C15H18N4O2/c1-16-15(21)11-5-8-18(9-6-11)13-10-14(20)19-7-3-2-4-12(19)17-13/h2-4,7,10-11H,5-6,8-9H2,1H3,(H,16,21). The quantitative estimate of drug-likeness (QED) is 0.880. The van der Waals surface area contributed by atoms with E-state index in [0.29, 0.717) is 11.5 Å². The number of hydrogen-bond donors (Lipinski definition) is 1. The molecule has 1 fully saturated rings. The van der Waals surface area contributed by atoms with Crippen LogP contribution < -0.4 is 15.8 Å². The van der Waals surface area contributed by atoms with Crippen LogP contribution in [0.25, 0.3) is 5.65 Å². The van der Waals surface area contributed by atoms with Crippen molar-refractivity contribution >= 4 is 17.4 Å². The van der Waals surface area contributed by atoms with E-state index in [1.807, 2.05) is 18.2 Å². The van der Waals surface area contributed by atoms with Crippen LogP contribution in [0.1, 0.15) is 12.8 Å². The largest absolute Gasteiger partial charge is 0.359 e. The molecule has 6 nitrogen and oxygen atoms in total. The van der Waals surface area contributed by atoms with Crippen molar-refractivity contribution in [2.75, 3.05) is 25.0 Å². The average molecular weight is 286 g/mol. The number of pyridine rings is 1. The number of carbonyl (C=O) groups excluding carboxylic acids is 1. The first-order chi connectivity index (χ1) is 10.2. The Morgan fingerprint density at radius 2 is 2.10 bits per heavy atom. The van der Waals surface area contributed by atoms with Crippen LogP contribution in [0.2, 0.25) is 0 Å². The molecule has 0 radical (unpaired) electrons. The Balaban J connectivity index is 1.83. The lowest BCUT2D eigenvalue weighted by atomic mass is 9.96. The molecular formula is C15H18N4O2. The van der Waals surface area contributed by atoms with E-state index in [9.17, 15) is 9.59 Å². The maximum Gasteiger partial charge on any atom is 0.259 e. The molecule has 3 heterocycles. The van der Waals surface area contributed by atoms with Gasteiger partial charge in [0.2, 0.25) is 5.91 Å². The molecular weight excluding hydrogens is 268 g/mol. The number of amides is 1. The molecule has 1 aliphatic rings. The van der Waals surface area contributed by atoms with Gasteiger partial charge in [-0.25, -0.2) is 4.98 Å². The van der Waals surface area contributed by atoms with Crippen molar-refractivity contribution < 1.29 is 4.79 Å². The predicted octanol–water partition coefficient (Wildman–Crippen LogP) is 0.657. The number of hydrogen-bond acceptors (Lipinski definition) is 4. The van der Waals surface area contributed by atoms with Gasteiger partial charge in [-0.15, -0.1) is 0 Å². The molecule has 0 aliphatic carbocycles. The summed E-state index contributed by atoms with van der Waals surface area (Å²) in [5.74, 6) is 0.857. The lowest BCUT2D eigenvalue weighted by Crippen LogP contribution is -2.40. The SMILES string of the molecule is CNC(=O)C1CCN(c2cc(=O)n3ccccc3n2)CC1. The van der Waals surface area contributed by atoms with E-state index in [0.717, 1.165) is 25.9 Å². The second-order valence-corrected chi connectivity index (χ2v) is 5.26. The Morgan fingerprint density at radius 3 is 2.81 bits per heavy atom. The summed E-state index contributed by atoms with van der Waals surface area (Å²) in [5, 5.41) is 2.70. The third-order valence-corrected chi connectivity index (χ3v) is 3.99. The van der Waals surface area contributed by atoms with Gasteiger partial charge in [-0.2, -0.15) is 0 Å². The molecule has 2 aromatic rings. The fourth-order valence-corrected chi connectivity index (χ4v) is 2.78. The zero-order chi connectivity index (χ0) is 14.8. The summed E-state index contributed by atoms with van der Waals surface area (Å²) in [4.78, 5) is 30.3. The molecule has 21 heavy (non-hydrogen) atoms. The maximum atomic E-state index is 12.1. The normalized spacial score (nSPS) is 16.1. The van der Waals surface area contributed by atoms with E-state index in [4.69, 9.17) is 0 Å². The van der Waals surface area contributed by atoms with E-state index in [1.54, 1.807) is 19.3 Å². The van der Waals surface area contributed by atoms with Gasteiger partial charge in [-0.05, 0) is 25.0 Å². The van der Waals surface area contributed by atoms with Crippen molar-refractivity contribution in [3.63, 3.8) is 0 Å². The Kier molecular flexibility index (Phi) is 3.60. The maximum absolute atomic E-state index is 12.1. The molecule has 0 bridgehead atoms. The highest BCUT2D eigenvalue weighted by molar-refractivity contribution is 5.78. The van der Waals surface area contributed by atoms with Crippen LogP contribution in [-0.2, 0) is 4.79 Å². The second-order valence-electron chi connectivity index (χ2n) is 5.26. The first-order valence-corrected chi connectivity index (χ1v) is 7.14. The molecule has 6 heteroatoms. The van der Waals surface area contributed by atoms with Crippen molar-refractivity contribution in [2.24, 2.45) is 5.92 Å². The number of piperidine rings is 1. The Hall–Kier alpha value is -2.37. The van der Waals surface area contributed by atoms with Gasteiger partial charge in [0.05, 0.1) is 0 Å². The van der Waals surface area contributed by atoms with Crippen molar-refractivity contribution in [2.45, 2.75) is 12.8 Å². The molecule has 0 atom stereocenters. The predicted molar refractivity (Wildman–Crippen MR) is 80.5 cm³/mol. The molecule has 0 aromatic carbocycles. The lowest BCUT2D eigenvalue weighted by molar-refractivity contribution is -0.125. The van der Waals surface area contributed by atoms with Crippen LogP contribution in [0.15, 0.2) is 35.3 Å². The van der Waals surface area contributed by atoms with Crippen LogP contribution in [0.5, 0.6) is 0 Å². The van der Waals surface area contributed by atoms with Gasteiger partial charge in [0.25, 0.3) is 5.56 Å². The summed E-state index contributed by atoms with van der Waals surface area (Å²) < 4.78 is 1.53. The number of anilines is 1. The topological polar surface area (TPSA) is 66.7 Å². The Labute approximate surface area is 122 Å². The van der Waals surface area contributed by atoms with Crippen molar-refractivity contribution in [3.05, 3.63) is 40.8 Å². The highest BCUT2D eigenvalue weighted by Crippen LogP contribution is 2.21. The van der Waals surface area contributed by atoms with E-state index in [2.05, 4.69) is 15.2 Å². The third kappa shape index (κ3) is 2.61. The summed E-state index contributed by atoms with van der Waals surface area (Å²) in [6.07, 6.45) is 3.29. The molecule has 1 aliphatic heterocycles. The van der Waals surface area contributed by atoms with Crippen molar-refractivity contribution in [3.8, 4) is 0 Å². The fourth-order valence-electron chi connectivity index (χ4n) is 2.78. The summed E-state index contributed by atoms with van der Waals surface area (Å²) in [5.41, 5.74) is 0.567. The number of aromatic nitrogens is 2. The van der Waals surface area contributed by atoms with Gasteiger partial charge in [0.1, 0.15) is 11.5 Å². The average Bonchev–Trinajstić information content (AvgIpc) is 2.54. The van der Waals surface area contributed by atoms with Crippen molar-refractivity contribution in [1.82, 2.24) is 14.7 Å².